The molecule has 2 heterocycles. The molecule has 1 aliphatic carbocycles. The third-order valence-corrected chi connectivity index (χ3v) is 7.58. The van der Waals surface area contributed by atoms with E-state index < -0.39 is 41.8 Å². The first kappa shape index (κ1) is 23.0. The monoisotopic (exact) mass is 483 g/mol. The van der Waals surface area contributed by atoms with Crippen molar-refractivity contribution >= 4 is 46.2 Å². The van der Waals surface area contributed by atoms with Crippen LogP contribution in [0.2, 0.25) is 0 Å². The summed E-state index contributed by atoms with van der Waals surface area (Å²) in [5.41, 5.74) is 3.77. The number of nitrogens with zero attached hydrogens (tertiary/aromatic N) is 2. The molecule has 4 amide bonds. The Morgan fingerprint density at radius 1 is 0.941 bits per heavy atom. The van der Waals surface area contributed by atoms with E-state index in [1.54, 1.807) is 11.8 Å². The summed E-state index contributed by atoms with van der Waals surface area (Å²) >= 11 is 1.56. The number of aliphatic hydroxyl groups excluding tert-OH is 2. The molecule has 9 nitrogen and oxygen atoms in total. The molecule has 3 atom stereocenters. The van der Waals surface area contributed by atoms with Gasteiger partial charge in [0.05, 0.1) is 35.9 Å². The third-order valence-electron chi connectivity index (χ3n) is 6.93. The fraction of sp³-hybridized carbons (Fsp3) is 0.417. The molecule has 0 bridgehead atoms. The minimum absolute atomic E-state index is 0.213. The van der Waals surface area contributed by atoms with Crippen molar-refractivity contribution in [2.45, 2.75) is 43.9 Å². The molecule has 1 saturated carbocycles. The lowest BCUT2D eigenvalue weighted by Gasteiger charge is -2.35. The molecule has 0 spiro atoms. The Labute approximate surface area is 200 Å². The molecule has 0 saturated heterocycles. The second-order valence-electron chi connectivity index (χ2n) is 8.85. The predicted octanol–water partition coefficient (Wildman–Crippen LogP) is 1.56. The first-order valence-corrected chi connectivity index (χ1v) is 12.7. The molecule has 2 aliphatic heterocycles. The maximum Gasteiger partial charge on any atom is 0.276 e. The number of hydrazine groups is 1. The molecule has 3 aliphatic rings. The summed E-state index contributed by atoms with van der Waals surface area (Å²) < 4.78 is 0. The fourth-order valence-electron chi connectivity index (χ4n) is 5.16. The van der Waals surface area contributed by atoms with E-state index in [-0.39, 0.29) is 28.9 Å². The van der Waals surface area contributed by atoms with E-state index in [2.05, 4.69) is 5.43 Å². The van der Waals surface area contributed by atoms with Crippen molar-refractivity contribution in [1.29, 1.82) is 0 Å². The molecule has 2 aromatic carbocycles. The predicted molar refractivity (Wildman–Crippen MR) is 126 cm³/mol. The summed E-state index contributed by atoms with van der Waals surface area (Å²) in [4.78, 5) is 54.4. The molecule has 2 aromatic rings. The Morgan fingerprint density at radius 3 is 1.91 bits per heavy atom. The summed E-state index contributed by atoms with van der Waals surface area (Å²) in [6, 6.07) is 4.94. The fourth-order valence-corrected chi connectivity index (χ4v) is 5.66. The molecular weight excluding hydrogens is 458 g/mol. The first-order chi connectivity index (χ1) is 16.4. The molecule has 3 N–H and O–H groups in total. The van der Waals surface area contributed by atoms with Gasteiger partial charge in [0, 0.05) is 21.9 Å². The van der Waals surface area contributed by atoms with E-state index in [9.17, 15) is 29.4 Å². The van der Waals surface area contributed by atoms with Crippen LogP contribution in [0.3, 0.4) is 0 Å². The van der Waals surface area contributed by atoms with Crippen LogP contribution in [0.4, 0.5) is 0 Å². The number of rotatable bonds is 7. The molecule has 0 aromatic heterocycles. The van der Waals surface area contributed by atoms with E-state index in [4.69, 9.17) is 0 Å². The van der Waals surface area contributed by atoms with Crippen molar-refractivity contribution in [1.82, 2.24) is 15.3 Å². The van der Waals surface area contributed by atoms with Gasteiger partial charge >= 0.3 is 0 Å². The van der Waals surface area contributed by atoms with Gasteiger partial charge in [-0.05, 0) is 62.0 Å². The van der Waals surface area contributed by atoms with Gasteiger partial charge in [-0.2, -0.15) is 11.8 Å². The minimum Gasteiger partial charge on any atom is -0.394 e. The highest BCUT2D eigenvalue weighted by Crippen LogP contribution is 2.38. The number of imide groups is 2. The lowest BCUT2D eigenvalue weighted by atomic mass is 9.86. The Balaban J connectivity index is 1.59. The number of amides is 4. The summed E-state index contributed by atoms with van der Waals surface area (Å²) in [5.74, 6) is -1.59. The van der Waals surface area contributed by atoms with Gasteiger partial charge in [0.25, 0.3) is 23.6 Å². The number of hydrogen-bond acceptors (Lipinski definition) is 8. The van der Waals surface area contributed by atoms with Crippen LogP contribution in [0.5, 0.6) is 0 Å². The van der Waals surface area contributed by atoms with Crippen molar-refractivity contribution in [3.05, 3.63) is 46.5 Å². The lowest BCUT2D eigenvalue weighted by molar-refractivity contribution is 0.0404. The van der Waals surface area contributed by atoms with Crippen LogP contribution in [0.1, 0.15) is 67.1 Å². The number of nitrogens with one attached hydrogen (secondary N) is 1. The molecular formula is C24H25N3O6S. The van der Waals surface area contributed by atoms with E-state index in [0.717, 1.165) is 16.3 Å². The molecule has 178 valence electrons. The number of carbonyl (C=O) groups excluding carboxylic acids is 4. The van der Waals surface area contributed by atoms with Crippen LogP contribution < -0.4 is 5.43 Å². The summed E-state index contributed by atoms with van der Waals surface area (Å²) in [7, 11) is 0. The highest BCUT2D eigenvalue weighted by Gasteiger charge is 2.42. The Kier molecular flexibility index (Phi) is 5.93. The van der Waals surface area contributed by atoms with Crippen molar-refractivity contribution in [3.8, 4) is 0 Å². The van der Waals surface area contributed by atoms with Gasteiger partial charge in [-0.25, -0.2) is 10.4 Å². The zero-order valence-corrected chi connectivity index (χ0v) is 19.4. The van der Waals surface area contributed by atoms with E-state index in [0.29, 0.717) is 35.8 Å². The van der Waals surface area contributed by atoms with Crippen molar-refractivity contribution in [2.24, 2.45) is 0 Å². The van der Waals surface area contributed by atoms with Crippen molar-refractivity contribution in [2.75, 3.05) is 18.6 Å². The second-order valence-corrected chi connectivity index (χ2v) is 9.83. The van der Waals surface area contributed by atoms with Crippen LogP contribution in [0.15, 0.2) is 24.3 Å². The van der Waals surface area contributed by atoms with Crippen LogP contribution in [-0.2, 0) is 0 Å². The van der Waals surface area contributed by atoms with Crippen LogP contribution >= 0.6 is 11.8 Å². The molecule has 0 radical (unpaired) electrons. The molecule has 10 heteroatoms. The van der Waals surface area contributed by atoms with Gasteiger partial charge in [0.15, 0.2) is 0 Å². The first-order valence-electron chi connectivity index (χ1n) is 11.3. The van der Waals surface area contributed by atoms with Gasteiger partial charge in [0.2, 0.25) is 0 Å². The molecule has 1 fully saturated rings. The van der Waals surface area contributed by atoms with Gasteiger partial charge in [-0.15, -0.1) is 0 Å². The van der Waals surface area contributed by atoms with Crippen molar-refractivity contribution < 1.29 is 29.4 Å². The Hall–Kier alpha value is -2.79. The van der Waals surface area contributed by atoms with Gasteiger partial charge < -0.3 is 10.2 Å². The molecule has 5 rings (SSSR count). The Morgan fingerprint density at radius 2 is 1.47 bits per heavy atom. The number of thioether (sulfide) groups is 1. The minimum atomic E-state index is -0.663. The summed E-state index contributed by atoms with van der Waals surface area (Å²) in [6.07, 6.45) is 3.74. The van der Waals surface area contributed by atoms with Gasteiger partial charge in [0.1, 0.15) is 0 Å². The normalized spacial score (nSPS) is 22.8. The Bertz CT molecular complexity index is 1160. The number of aliphatic hydroxyl groups is 2. The second kappa shape index (κ2) is 8.77. The highest BCUT2D eigenvalue weighted by atomic mass is 32.2. The maximum atomic E-state index is 13.4. The highest BCUT2D eigenvalue weighted by molar-refractivity contribution is 7.98. The lowest BCUT2D eigenvalue weighted by Crippen LogP contribution is -2.55. The topological polar surface area (TPSA) is 127 Å². The number of carbonyl (C=O) groups is 4. The zero-order chi connectivity index (χ0) is 24.1. The number of hydrogen-bond donors (Lipinski definition) is 3. The van der Waals surface area contributed by atoms with Crippen LogP contribution in [-0.4, -0.2) is 80.6 Å². The summed E-state index contributed by atoms with van der Waals surface area (Å²) in [6.45, 7) is -0.350. The molecule has 34 heavy (non-hydrogen) atoms. The maximum absolute atomic E-state index is 13.4. The largest absolute Gasteiger partial charge is 0.394 e. The average Bonchev–Trinajstić information content (AvgIpc) is 3.25. The van der Waals surface area contributed by atoms with Gasteiger partial charge in [-0.3, -0.25) is 24.1 Å². The van der Waals surface area contributed by atoms with Crippen molar-refractivity contribution in [3.63, 3.8) is 0 Å². The average molecular weight is 484 g/mol. The van der Waals surface area contributed by atoms with Gasteiger partial charge in [-0.1, -0.05) is 0 Å². The molecule has 3 unspecified atom stereocenters. The number of benzene rings is 2. The SMILES string of the molecule is CSCCC(CO)N1C(=O)c2ccc3c4c(ccc(c24)C1=O)C(=O)N(NC1CCCC1O)C3=O. The van der Waals surface area contributed by atoms with Crippen LogP contribution in [0, 0.1) is 0 Å². The smallest absolute Gasteiger partial charge is 0.276 e. The van der Waals surface area contributed by atoms with E-state index in [1.807, 2.05) is 6.26 Å². The quantitative estimate of drug-likeness (QED) is 0.507. The standard InChI is InChI=1S/C24H25N3O6S/c1-34-10-9-12(11-28)26-21(30)13-5-7-15-20-16(8-6-14(19(13)20)22(26)31)24(33)27(23(15)32)25-17-3-2-4-18(17)29/h5-8,12,17-18,25,28-29H,2-4,9-11H2,1H3. The van der Waals surface area contributed by atoms with Crippen LogP contribution in [0.25, 0.3) is 10.8 Å². The zero-order valence-electron chi connectivity index (χ0n) is 18.6. The summed E-state index contributed by atoms with van der Waals surface area (Å²) in [5, 5.41) is 21.5. The van der Waals surface area contributed by atoms with E-state index in [1.165, 1.54) is 24.3 Å². The third kappa shape index (κ3) is 3.36. The van der Waals surface area contributed by atoms with E-state index >= 15 is 0 Å².